The summed E-state index contributed by atoms with van der Waals surface area (Å²) in [5.74, 6) is 0.864. The molecule has 1 aromatic rings. The third kappa shape index (κ3) is 3.97. The second kappa shape index (κ2) is 6.75. The van der Waals surface area contributed by atoms with E-state index in [0.717, 1.165) is 25.9 Å². The summed E-state index contributed by atoms with van der Waals surface area (Å²) in [6.45, 7) is 6.33. The van der Waals surface area contributed by atoms with Crippen molar-refractivity contribution in [2.75, 3.05) is 19.6 Å². The van der Waals surface area contributed by atoms with Crippen LogP contribution in [0.4, 0.5) is 0 Å². The van der Waals surface area contributed by atoms with Crippen molar-refractivity contribution in [2.24, 2.45) is 5.92 Å². The van der Waals surface area contributed by atoms with Gasteiger partial charge in [0.2, 0.25) is 5.91 Å². The molecule has 0 saturated carbocycles. The Bertz CT molecular complexity index is 442. The first kappa shape index (κ1) is 14.9. The predicted octanol–water partition coefficient (Wildman–Crippen LogP) is 2.30. The Morgan fingerprint density at radius 3 is 2.75 bits per heavy atom. The molecule has 0 unspecified atom stereocenters. The maximum atomic E-state index is 11.9. The summed E-state index contributed by atoms with van der Waals surface area (Å²) in [7, 11) is 0. The molecule has 0 radical (unpaired) electrons. The second-order valence-corrected chi connectivity index (χ2v) is 5.92. The van der Waals surface area contributed by atoms with E-state index in [1.54, 1.807) is 12.1 Å². The van der Waals surface area contributed by atoms with E-state index in [9.17, 15) is 9.90 Å². The van der Waals surface area contributed by atoms with Crippen LogP contribution in [0.2, 0.25) is 0 Å². The number of amides is 1. The van der Waals surface area contributed by atoms with Crippen molar-refractivity contribution in [3.05, 3.63) is 29.8 Å². The summed E-state index contributed by atoms with van der Waals surface area (Å²) in [6.07, 6.45) is 2.19. The number of benzene rings is 1. The smallest absolute Gasteiger partial charge is 0.234 e. The van der Waals surface area contributed by atoms with Crippen LogP contribution in [0.15, 0.2) is 24.3 Å². The van der Waals surface area contributed by atoms with Crippen molar-refractivity contribution in [3.8, 4) is 5.75 Å². The Morgan fingerprint density at radius 2 is 2.10 bits per heavy atom. The minimum atomic E-state index is 0.101. The highest BCUT2D eigenvalue weighted by molar-refractivity contribution is 5.78. The molecule has 1 aliphatic heterocycles. The van der Waals surface area contributed by atoms with Gasteiger partial charge in [-0.3, -0.25) is 9.69 Å². The van der Waals surface area contributed by atoms with Crippen LogP contribution in [-0.2, 0) is 4.79 Å². The molecular formula is C16H24N2O2. The highest BCUT2D eigenvalue weighted by atomic mass is 16.3. The molecule has 1 aromatic carbocycles. The molecule has 2 rings (SSSR count). The van der Waals surface area contributed by atoms with Crippen LogP contribution in [0.5, 0.6) is 5.75 Å². The highest BCUT2D eigenvalue weighted by Crippen LogP contribution is 2.32. The lowest BCUT2D eigenvalue weighted by atomic mass is 10.0. The lowest BCUT2D eigenvalue weighted by molar-refractivity contribution is -0.122. The van der Waals surface area contributed by atoms with Crippen LogP contribution in [0.25, 0.3) is 0 Å². The Balaban J connectivity index is 1.93. The van der Waals surface area contributed by atoms with Crippen molar-refractivity contribution in [2.45, 2.75) is 32.7 Å². The number of nitrogens with zero attached hydrogens (tertiary/aromatic N) is 1. The van der Waals surface area contributed by atoms with Crippen molar-refractivity contribution in [3.63, 3.8) is 0 Å². The highest BCUT2D eigenvalue weighted by Gasteiger charge is 2.27. The number of phenols is 1. The number of rotatable bonds is 5. The average Bonchev–Trinajstić information content (AvgIpc) is 2.85. The quantitative estimate of drug-likeness (QED) is 0.867. The number of hydrogen-bond acceptors (Lipinski definition) is 3. The number of hydrogen-bond donors (Lipinski definition) is 2. The Morgan fingerprint density at radius 1 is 1.40 bits per heavy atom. The van der Waals surface area contributed by atoms with Crippen LogP contribution in [-0.4, -0.2) is 35.5 Å². The molecule has 0 bridgehead atoms. The zero-order chi connectivity index (χ0) is 14.5. The Hall–Kier alpha value is -1.55. The van der Waals surface area contributed by atoms with Gasteiger partial charge in [-0.1, -0.05) is 26.0 Å². The topological polar surface area (TPSA) is 52.6 Å². The molecule has 1 aliphatic rings. The van der Waals surface area contributed by atoms with Gasteiger partial charge in [0.15, 0.2) is 0 Å². The summed E-state index contributed by atoms with van der Waals surface area (Å²) in [5.41, 5.74) is 1.18. The first-order valence-electron chi connectivity index (χ1n) is 7.36. The Kier molecular flexibility index (Phi) is 5.01. The third-order valence-corrected chi connectivity index (χ3v) is 3.70. The van der Waals surface area contributed by atoms with Gasteiger partial charge in [-0.25, -0.2) is 0 Å². The number of carbonyl (C=O) groups is 1. The number of aromatic hydroxyl groups is 1. The molecule has 110 valence electrons. The van der Waals surface area contributed by atoms with Crippen LogP contribution < -0.4 is 5.32 Å². The van der Waals surface area contributed by atoms with E-state index in [2.05, 4.69) is 24.1 Å². The van der Waals surface area contributed by atoms with Gasteiger partial charge in [-0.05, 0) is 43.0 Å². The first-order valence-corrected chi connectivity index (χ1v) is 7.36. The van der Waals surface area contributed by atoms with Crippen LogP contribution in [0.1, 0.15) is 38.3 Å². The van der Waals surface area contributed by atoms with Crippen LogP contribution >= 0.6 is 0 Å². The SMILES string of the molecule is CC(C)CNC(=O)CN1CCC[C@@H]1c1ccc(O)cc1. The monoisotopic (exact) mass is 276 g/mol. The summed E-state index contributed by atoms with van der Waals surface area (Å²) in [4.78, 5) is 14.2. The minimum Gasteiger partial charge on any atom is -0.508 e. The van der Waals surface area contributed by atoms with E-state index >= 15 is 0 Å². The van der Waals surface area contributed by atoms with Crippen molar-refractivity contribution in [1.29, 1.82) is 0 Å². The lowest BCUT2D eigenvalue weighted by Crippen LogP contribution is -2.38. The first-order chi connectivity index (χ1) is 9.56. The van der Waals surface area contributed by atoms with Crippen molar-refractivity contribution < 1.29 is 9.90 Å². The number of likely N-dealkylation sites (tertiary alicyclic amines) is 1. The molecule has 1 atom stereocenters. The molecule has 20 heavy (non-hydrogen) atoms. The number of phenolic OH excluding ortho intramolecular Hbond substituents is 1. The van der Waals surface area contributed by atoms with E-state index in [-0.39, 0.29) is 11.7 Å². The molecule has 0 aromatic heterocycles. The van der Waals surface area contributed by atoms with Gasteiger partial charge in [-0.2, -0.15) is 0 Å². The molecule has 2 N–H and O–H groups in total. The standard InChI is InChI=1S/C16H24N2O2/c1-12(2)10-17-16(20)11-18-9-3-4-15(18)13-5-7-14(19)8-6-13/h5-8,12,15,19H,3-4,9-11H2,1-2H3,(H,17,20)/t15-/m1/s1. The molecule has 1 amide bonds. The molecule has 4 heteroatoms. The lowest BCUT2D eigenvalue weighted by Gasteiger charge is -2.24. The number of carbonyl (C=O) groups excluding carboxylic acids is 1. The summed E-state index contributed by atoms with van der Waals surface area (Å²) in [5, 5.41) is 12.3. The van der Waals surface area contributed by atoms with Gasteiger partial charge >= 0.3 is 0 Å². The molecule has 1 fully saturated rings. The maximum Gasteiger partial charge on any atom is 0.234 e. The largest absolute Gasteiger partial charge is 0.508 e. The van der Waals surface area contributed by atoms with E-state index in [4.69, 9.17) is 0 Å². The van der Waals surface area contributed by atoms with Crippen LogP contribution in [0.3, 0.4) is 0 Å². The second-order valence-electron chi connectivity index (χ2n) is 5.92. The maximum absolute atomic E-state index is 11.9. The molecule has 4 nitrogen and oxygen atoms in total. The molecule has 0 spiro atoms. The zero-order valence-electron chi connectivity index (χ0n) is 12.3. The average molecular weight is 276 g/mol. The fourth-order valence-electron chi connectivity index (χ4n) is 2.65. The Labute approximate surface area is 120 Å². The van der Waals surface area contributed by atoms with Gasteiger partial charge in [-0.15, -0.1) is 0 Å². The van der Waals surface area contributed by atoms with Gasteiger partial charge < -0.3 is 10.4 Å². The normalized spacial score (nSPS) is 19.4. The van der Waals surface area contributed by atoms with Gasteiger partial charge in [0.25, 0.3) is 0 Å². The van der Waals surface area contributed by atoms with Gasteiger partial charge in [0.1, 0.15) is 5.75 Å². The molecule has 0 aliphatic carbocycles. The van der Waals surface area contributed by atoms with E-state index in [0.29, 0.717) is 18.5 Å². The molecular weight excluding hydrogens is 252 g/mol. The fraction of sp³-hybridized carbons (Fsp3) is 0.562. The van der Waals surface area contributed by atoms with Crippen molar-refractivity contribution >= 4 is 5.91 Å². The summed E-state index contributed by atoms with van der Waals surface area (Å²) >= 11 is 0. The summed E-state index contributed by atoms with van der Waals surface area (Å²) < 4.78 is 0. The molecule has 1 saturated heterocycles. The number of nitrogens with one attached hydrogen (secondary N) is 1. The minimum absolute atomic E-state index is 0.101. The zero-order valence-corrected chi connectivity index (χ0v) is 12.3. The van der Waals surface area contributed by atoms with E-state index < -0.39 is 0 Å². The van der Waals surface area contributed by atoms with E-state index in [1.807, 2.05) is 12.1 Å². The third-order valence-electron chi connectivity index (χ3n) is 3.70. The molecule has 1 heterocycles. The van der Waals surface area contributed by atoms with E-state index in [1.165, 1.54) is 5.56 Å². The van der Waals surface area contributed by atoms with Crippen LogP contribution in [0, 0.1) is 5.92 Å². The summed E-state index contributed by atoms with van der Waals surface area (Å²) in [6, 6.07) is 7.62. The van der Waals surface area contributed by atoms with Gasteiger partial charge in [0, 0.05) is 12.6 Å². The predicted molar refractivity (Wildman–Crippen MR) is 79.5 cm³/mol. The van der Waals surface area contributed by atoms with Gasteiger partial charge in [0.05, 0.1) is 6.54 Å². The van der Waals surface area contributed by atoms with Crippen molar-refractivity contribution in [1.82, 2.24) is 10.2 Å². The fourth-order valence-corrected chi connectivity index (χ4v) is 2.65.